The summed E-state index contributed by atoms with van der Waals surface area (Å²) in [5.41, 5.74) is 2.95. The molecule has 0 saturated heterocycles. The van der Waals surface area contributed by atoms with Gasteiger partial charge in [0.15, 0.2) is 17.5 Å². The average molecular weight is 467 g/mol. The molecular formula is C28H26F4N2. The van der Waals surface area contributed by atoms with E-state index in [4.69, 9.17) is 0 Å². The summed E-state index contributed by atoms with van der Waals surface area (Å²) in [7, 11) is 0. The molecule has 4 aromatic rings. The van der Waals surface area contributed by atoms with Crippen LogP contribution in [0.4, 0.5) is 17.6 Å². The lowest BCUT2D eigenvalue weighted by atomic mass is 9.98. The lowest BCUT2D eigenvalue weighted by Gasteiger charge is -2.09. The molecule has 1 heterocycles. The molecule has 0 saturated carbocycles. The maximum Gasteiger partial charge on any atom is 0.194 e. The fourth-order valence-electron chi connectivity index (χ4n) is 4.04. The van der Waals surface area contributed by atoms with Crippen molar-refractivity contribution in [2.45, 2.75) is 51.9 Å². The van der Waals surface area contributed by atoms with E-state index in [1.165, 1.54) is 0 Å². The van der Waals surface area contributed by atoms with E-state index < -0.39 is 17.5 Å². The number of aryl methyl sites for hydroxylation is 5. The van der Waals surface area contributed by atoms with Gasteiger partial charge < -0.3 is 0 Å². The van der Waals surface area contributed by atoms with Crippen molar-refractivity contribution in [3.63, 3.8) is 0 Å². The van der Waals surface area contributed by atoms with Gasteiger partial charge in [-0.2, -0.15) is 0 Å². The van der Waals surface area contributed by atoms with Crippen LogP contribution < -0.4 is 0 Å². The van der Waals surface area contributed by atoms with Crippen molar-refractivity contribution in [2.24, 2.45) is 0 Å². The van der Waals surface area contributed by atoms with Gasteiger partial charge in [0, 0.05) is 24.2 Å². The van der Waals surface area contributed by atoms with E-state index in [-0.39, 0.29) is 24.2 Å². The zero-order valence-corrected chi connectivity index (χ0v) is 19.1. The van der Waals surface area contributed by atoms with E-state index >= 15 is 4.39 Å². The van der Waals surface area contributed by atoms with Crippen molar-refractivity contribution in [1.29, 1.82) is 0 Å². The minimum Gasteiger partial charge on any atom is -0.241 e. The first kappa shape index (κ1) is 23.9. The minimum absolute atomic E-state index is 0.200. The molecule has 0 aliphatic carbocycles. The standard InChI is InChI=1S/C28H26F4N2/c1-2-3-4-20-16-33-26(34-17-20)12-7-18-6-11-23-22(13-18)10-9-21(27(23)31)8-5-19-14-24(29)28(32)25(30)15-19/h6,9-11,13-17H,2-5,7-8,12H2,1H3. The van der Waals surface area contributed by atoms with Gasteiger partial charge in [-0.15, -0.1) is 0 Å². The summed E-state index contributed by atoms with van der Waals surface area (Å²) in [4.78, 5) is 8.91. The molecule has 6 heteroatoms. The summed E-state index contributed by atoms with van der Waals surface area (Å²) in [6.45, 7) is 2.16. The molecule has 0 radical (unpaired) electrons. The molecule has 34 heavy (non-hydrogen) atoms. The Morgan fingerprint density at radius 2 is 1.35 bits per heavy atom. The van der Waals surface area contributed by atoms with Crippen LogP contribution in [0.5, 0.6) is 0 Å². The van der Waals surface area contributed by atoms with Crippen molar-refractivity contribution in [2.75, 3.05) is 0 Å². The van der Waals surface area contributed by atoms with Crippen LogP contribution >= 0.6 is 0 Å². The van der Waals surface area contributed by atoms with Gasteiger partial charge in [-0.25, -0.2) is 27.5 Å². The molecule has 1 aromatic heterocycles. The quantitative estimate of drug-likeness (QED) is 0.194. The van der Waals surface area contributed by atoms with Gasteiger partial charge in [0.05, 0.1) is 0 Å². The maximum atomic E-state index is 15.1. The van der Waals surface area contributed by atoms with Gasteiger partial charge in [-0.05, 0) is 71.9 Å². The molecule has 2 nitrogen and oxygen atoms in total. The normalized spacial score (nSPS) is 11.3. The highest BCUT2D eigenvalue weighted by Crippen LogP contribution is 2.25. The second-order valence-electron chi connectivity index (χ2n) is 8.58. The second-order valence-corrected chi connectivity index (χ2v) is 8.58. The van der Waals surface area contributed by atoms with Crippen LogP contribution in [0.2, 0.25) is 0 Å². The van der Waals surface area contributed by atoms with Crippen molar-refractivity contribution in [3.8, 4) is 0 Å². The Balaban J connectivity index is 1.42. The Morgan fingerprint density at radius 1 is 0.647 bits per heavy atom. The average Bonchev–Trinajstić information content (AvgIpc) is 2.85. The summed E-state index contributed by atoms with van der Waals surface area (Å²) in [5.74, 6) is -3.53. The molecule has 0 spiro atoms. The van der Waals surface area contributed by atoms with Gasteiger partial charge in [-0.3, -0.25) is 0 Å². The van der Waals surface area contributed by atoms with Crippen LogP contribution in [-0.2, 0) is 32.1 Å². The highest BCUT2D eigenvalue weighted by molar-refractivity contribution is 5.84. The Kier molecular flexibility index (Phi) is 7.56. The number of aromatic nitrogens is 2. The summed E-state index contributed by atoms with van der Waals surface area (Å²) in [5, 5.41) is 1.28. The summed E-state index contributed by atoms with van der Waals surface area (Å²) in [6.07, 6.45) is 8.94. The molecule has 0 bridgehead atoms. The number of fused-ring (bicyclic) bond motifs is 1. The number of unbranched alkanes of at least 4 members (excludes halogenated alkanes) is 1. The van der Waals surface area contributed by atoms with Crippen molar-refractivity contribution < 1.29 is 17.6 Å². The zero-order chi connectivity index (χ0) is 24.1. The lowest BCUT2D eigenvalue weighted by Crippen LogP contribution is -2.00. The maximum absolute atomic E-state index is 15.1. The Morgan fingerprint density at radius 3 is 2.06 bits per heavy atom. The van der Waals surface area contributed by atoms with Crippen molar-refractivity contribution in [1.82, 2.24) is 9.97 Å². The van der Waals surface area contributed by atoms with Crippen LogP contribution in [0.1, 0.15) is 47.8 Å². The monoisotopic (exact) mass is 466 g/mol. The zero-order valence-electron chi connectivity index (χ0n) is 19.1. The van der Waals surface area contributed by atoms with Crippen molar-refractivity contribution >= 4 is 10.8 Å². The van der Waals surface area contributed by atoms with Gasteiger partial charge in [0.1, 0.15) is 11.6 Å². The molecule has 4 rings (SSSR count). The number of rotatable bonds is 9. The SMILES string of the molecule is CCCCc1cnc(CCc2ccc3c(F)c(CCc4cc(F)c(F)c(F)c4)ccc3c2)nc1. The van der Waals surface area contributed by atoms with E-state index in [0.29, 0.717) is 17.4 Å². The van der Waals surface area contributed by atoms with Gasteiger partial charge in [-0.1, -0.05) is 43.7 Å². The van der Waals surface area contributed by atoms with Gasteiger partial charge >= 0.3 is 0 Å². The van der Waals surface area contributed by atoms with Crippen LogP contribution in [0.15, 0.2) is 54.9 Å². The molecule has 0 atom stereocenters. The smallest absolute Gasteiger partial charge is 0.194 e. The summed E-state index contributed by atoms with van der Waals surface area (Å²) >= 11 is 0. The third-order valence-electron chi connectivity index (χ3n) is 6.04. The van der Waals surface area contributed by atoms with E-state index in [2.05, 4.69) is 16.9 Å². The highest BCUT2D eigenvalue weighted by Gasteiger charge is 2.13. The Labute approximate surface area is 196 Å². The molecule has 0 amide bonds. The van der Waals surface area contributed by atoms with E-state index in [9.17, 15) is 13.2 Å². The first-order chi connectivity index (χ1) is 16.4. The Bertz CT molecular complexity index is 1260. The molecular weight excluding hydrogens is 440 g/mol. The number of nitrogens with zero attached hydrogens (tertiary/aromatic N) is 2. The fourth-order valence-corrected chi connectivity index (χ4v) is 4.04. The molecule has 3 aromatic carbocycles. The fraction of sp³-hybridized carbons (Fsp3) is 0.286. The molecule has 0 aliphatic heterocycles. The predicted octanol–water partition coefficient (Wildman–Crippen LogP) is 7.10. The molecule has 0 unspecified atom stereocenters. The molecule has 176 valence electrons. The number of benzene rings is 3. The largest absolute Gasteiger partial charge is 0.241 e. The second kappa shape index (κ2) is 10.8. The van der Waals surface area contributed by atoms with Crippen LogP contribution in [0.25, 0.3) is 10.8 Å². The lowest BCUT2D eigenvalue weighted by molar-refractivity contribution is 0.445. The van der Waals surface area contributed by atoms with Crippen molar-refractivity contribution in [3.05, 3.63) is 106 Å². The van der Waals surface area contributed by atoms with Crippen LogP contribution in [0, 0.1) is 23.3 Å². The third kappa shape index (κ3) is 5.61. The first-order valence-corrected chi connectivity index (χ1v) is 11.6. The Hall–Kier alpha value is -3.28. The minimum atomic E-state index is -1.49. The molecule has 0 fully saturated rings. The third-order valence-corrected chi connectivity index (χ3v) is 6.04. The topological polar surface area (TPSA) is 25.8 Å². The van der Waals surface area contributed by atoms with Crippen LogP contribution in [0.3, 0.4) is 0 Å². The molecule has 0 aliphatic rings. The van der Waals surface area contributed by atoms with E-state index in [1.807, 2.05) is 30.6 Å². The van der Waals surface area contributed by atoms with Crippen LogP contribution in [-0.4, -0.2) is 9.97 Å². The van der Waals surface area contributed by atoms with E-state index in [1.54, 1.807) is 12.1 Å². The number of hydrogen-bond donors (Lipinski definition) is 0. The number of halogens is 4. The predicted molar refractivity (Wildman–Crippen MR) is 126 cm³/mol. The highest BCUT2D eigenvalue weighted by atomic mass is 19.2. The molecule has 0 N–H and O–H groups in total. The number of hydrogen-bond acceptors (Lipinski definition) is 2. The van der Waals surface area contributed by atoms with Gasteiger partial charge in [0.25, 0.3) is 0 Å². The first-order valence-electron chi connectivity index (χ1n) is 11.6. The summed E-state index contributed by atoms with van der Waals surface area (Å²) in [6, 6.07) is 11.1. The van der Waals surface area contributed by atoms with E-state index in [0.717, 1.165) is 60.2 Å². The van der Waals surface area contributed by atoms with Gasteiger partial charge in [0.2, 0.25) is 0 Å². The summed E-state index contributed by atoms with van der Waals surface area (Å²) < 4.78 is 55.1.